The molecule has 2 aromatic rings. The van der Waals surface area contributed by atoms with Gasteiger partial charge in [-0.3, -0.25) is 4.79 Å². The average molecular weight is 375 g/mol. The van der Waals surface area contributed by atoms with Crippen LogP contribution in [0.1, 0.15) is 37.0 Å². The molecule has 2 atom stereocenters. The Labute approximate surface area is 157 Å². The van der Waals surface area contributed by atoms with E-state index >= 15 is 0 Å². The van der Waals surface area contributed by atoms with Crippen LogP contribution in [0.5, 0.6) is 5.75 Å². The summed E-state index contributed by atoms with van der Waals surface area (Å²) in [5, 5.41) is 12.5. The Kier molecular flexibility index (Phi) is 6.25. The summed E-state index contributed by atoms with van der Waals surface area (Å²) >= 11 is 0. The number of hydrogen-bond donors (Lipinski definition) is 2. The Morgan fingerprint density at radius 2 is 1.96 bits per heavy atom. The van der Waals surface area contributed by atoms with E-state index in [1.165, 1.54) is 7.11 Å². The van der Waals surface area contributed by atoms with Crippen molar-refractivity contribution in [1.29, 1.82) is 0 Å². The number of amides is 1. The highest BCUT2D eigenvalue weighted by molar-refractivity contribution is 5.90. The van der Waals surface area contributed by atoms with E-state index in [4.69, 9.17) is 9.15 Å². The average Bonchev–Trinajstić information content (AvgIpc) is 2.61. The van der Waals surface area contributed by atoms with Crippen LogP contribution < -0.4 is 15.7 Å². The van der Waals surface area contributed by atoms with Crippen molar-refractivity contribution in [2.24, 2.45) is 5.92 Å². The Morgan fingerprint density at radius 3 is 2.52 bits per heavy atom. The summed E-state index contributed by atoms with van der Waals surface area (Å²) < 4.78 is 10.8. The fourth-order valence-electron chi connectivity index (χ4n) is 3.07. The van der Waals surface area contributed by atoms with Gasteiger partial charge in [0.1, 0.15) is 17.4 Å². The first-order chi connectivity index (χ1) is 12.7. The number of hydrogen-bond acceptors (Lipinski definition) is 5. The quantitative estimate of drug-likeness (QED) is 0.721. The first-order valence-corrected chi connectivity index (χ1v) is 8.82. The number of fused-ring (bicyclic) bond motifs is 1. The number of carboxylic acids is 1. The van der Waals surface area contributed by atoms with Crippen molar-refractivity contribution in [2.45, 2.75) is 46.6 Å². The van der Waals surface area contributed by atoms with E-state index in [1.807, 2.05) is 19.9 Å². The predicted molar refractivity (Wildman–Crippen MR) is 101 cm³/mol. The zero-order valence-corrected chi connectivity index (χ0v) is 16.2. The van der Waals surface area contributed by atoms with Gasteiger partial charge in [-0.05, 0) is 43.0 Å². The van der Waals surface area contributed by atoms with Gasteiger partial charge in [0.15, 0.2) is 0 Å². The van der Waals surface area contributed by atoms with Gasteiger partial charge in [0, 0.05) is 0 Å². The van der Waals surface area contributed by atoms with Crippen molar-refractivity contribution < 1.29 is 23.8 Å². The van der Waals surface area contributed by atoms with E-state index in [9.17, 15) is 19.5 Å². The van der Waals surface area contributed by atoms with Gasteiger partial charge >= 0.3 is 11.6 Å². The first kappa shape index (κ1) is 20.5. The molecule has 0 saturated heterocycles. The molecule has 1 amide bonds. The second-order valence-electron chi connectivity index (χ2n) is 6.78. The smallest absolute Gasteiger partial charge is 0.340 e. The van der Waals surface area contributed by atoms with E-state index in [0.29, 0.717) is 28.7 Å². The van der Waals surface area contributed by atoms with E-state index in [0.717, 1.165) is 5.56 Å². The van der Waals surface area contributed by atoms with Crippen LogP contribution in [0.2, 0.25) is 0 Å². The molecule has 0 spiro atoms. The molecule has 0 bridgehead atoms. The number of rotatable bonds is 7. The van der Waals surface area contributed by atoms with Gasteiger partial charge < -0.3 is 19.6 Å². The molecule has 0 unspecified atom stereocenters. The highest BCUT2D eigenvalue weighted by Crippen LogP contribution is 2.30. The second-order valence-corrected chi connectivity index (χ2v) is 6.78. The maximum Gasteiger partial charge on any atom is 0.340 e. The molecule has 27 heavy (non-hydrogen) atoms. The molecule has 0 aliphatic rings. The van der Waals surface area contributed by atoms with Crippen molar-refractivity contribution in [1.82, 2.24) is 5.32 Å². The Hall–Kier alpha value is -2.83. The number of aryl methyl sites for hydroxylation is 2. The minimum atomic E-state index is -1.10. The van der Waals surface area contributed by atoms with E-state index < -0.39 is 23.5 Å². The number of carboxylic acid groups (broad SMARTS) is 1. The Bertz CT molecular complexity index is 930. The van der Waals surface area contributed by atoms with Crippen molar-refractivity contribution in [3.05, 3.63) is 39.2 Å². The summed E-state index contributed by atoms with van der Waals surface area (Å²) in [6, 6.07) is 2.55. The molecule has 0 aliphatic carbocycles. The summed E-state index contributed by atoms with van der Waals surface area (Å²) in [4.78, 5) is 36.2. The summed E-state index contributed by atoms with van der Waals surface area (Å²) in [5.74, 6) is -1.32. The number of nitrogens with one attached hydrogen (secondary N) is 1. The molecule has 146 valence electrons. The lowest BCUT2D eigenvalue weighted by Crippen LogP contribution is -2.45. The SMILES string of the molecule is CC[C@@H](C)[C@H](NC(=O)Cc1c(C)c2c(OC)cc(C)cc2oc1=O)C(=O)O. The van der Waals surface area contributed by atoms with Crippen LogP contribution in [0.25, 0.3) is 11.0 Å². The fraction of sp³-hybridized carbons (Fsp3) is 0.450. The maximum absolute atomic E-state index is 12.4. The number of benzene rings is 1. The standard InChI is InChI=1S/C20H25NO6/c1-6-11(3)18(19(23)24)21-16(22)9-13-12(4)17-14(26-5)7-10(2)8-15(17)27-20(13)25/h7-8,11,18H,6,9H2,1-5H3,(H,21,22)(H,23,24)/t11-,18+/m1/s1. The highest BCUT2D eigenvalue weighted by atomic mass is 16.5. The number of carbonyl (C=O) groups is 2. The molecule has 0 fully saturated rings. The van der Waals surface area contributed by atoms with Gasteiger partial charge in [0.2, 0.25) is 5.91 Å². The third kappa shape index (κ3) is 4.30. The van der Waals surface area contributed by atoms with E-state index in [1.54, 1.807) is 19.9 Å². The first-order valence-electron chi connectivity index (χ1n) is 8.82. The highest BCUT2D eigenvalue weighted by Gasteiger charge is 2.26. The lowest BCUT2D eigenvalue weighted by Gasteiger charge is -2.20. The third-order valence-corrected chi connectivity index (χ3v) is 4.84. The van der Waals surface area contributed by atoms with E-state index in [2.05, 4.69) is 5.32 Å². The van der Waals surface area contributed by atoms with Crippen LogP contribution in [0.4, 0.5) is 0 Å². The summed E-state index contributed by atoms with van der Waals surface area (Å²) in [6.45, 7) is 7.19. The molecule has 2 N–H and O–H groups in total. The lowest BCUT2D eigenvalue weighted by atomic mass is 9.98. The van der Waals surface area contributed by atoms with Crippen LogP contribution >= 0.6 is 0 Å². The monoisotopic (exact) mass is 375 g/mol. The van der Waals surface area contributed by atoms with Crippen LogP contribution in [0.15, 0.2) is 21.3 Å². The Balaban J connectivity index is 2.41. The van der Waals surface area contributed by atoms with Crippen molar-refractivity contribution in [3.8, 4) is 5.75 Å². The number of methoxy groups -OCH3 is 1. The number of carbonyl (C=O) groups excluding carboxylic acids is 1. The van der Waals surface area contributed by atoms with Gasteiger partial charge in [-0.2, -0.15) is 0 Å². The van der Waals surface area contributed by atoms with Crippen LogP contribution in [-0.2, 0) is 16.0 Å². The summed E-state index contributed by atoms with van der Waals surface area (Å²) in [6.07, 6.45) is 0.340. The molecule has 7 nitrogen and oxygen atoms in total. The fourth-order valence-corrected chi connectivity index (χ4v) is 3.07. The third-order valence-electron chi connectivity index (χ3n) is 4.84. The molecular weight excluding hydrogens is 350 g/mol. The van der Waals surface area contributed by atoms with Gasteiger partial charge in [0.25, 0.3) is 0 Å². The molecule has 7 heteroatoms. The van der Waals surface area contributed by atoms with Crippen LogP contribution in [0.3, 0.4) is 0 Å². The minimum Gasteiger partial charge on any atom is -0.496 e. The van der Waals surface area contributed by atoms with E-state index in [-0.39, 0.29) is 17.9 Å². The normalized spacial score (nSPS) is 13.2. The second kappa shape index (κ2) is 8.24. The molecule has 1 aromatic heterocycles. The molecule has 0 radical (unpaired) electrons. The van der Waals surface area contributed by atoms with Crippen molar-refractivity contribution >= 4 is 22.8 Å². The van der Waals surface area contributed by atoms with Crippen molar-refractivity contribution in [3.63, 3.8) is 0 Å². The molecular formula is C20H25NO6. The van der Waals surface area contributed by atoms with Gasteiger partial charge in [-0.25, -0.2) is 9.59 Å². The maximum atomic E-state index is 12.4. The van der Waals surface area contributed by atoms with Crippen molar-refractivity contribution in [2.75, 3.05) is 7.11 Å². The molecule has 2 rings (SSSR count). The Morgan fingerprint density at radius 1 is 1.30 bits per heavy atom. The molecule has 1 aromatic carbocycles. The largest absolute Gasteiger partial charge is 0.496 e. The predicted octanol–water partition coefficient (Wildman–Crippen LogP) is 2.58. The van der Waals surface area contributed by atoms with Gasteiger partial charge in [-0.1, -0.05) is 20.3 Å². The zero-order valence-electron chi connectivity index (χ0n) is 16.2. The van der Waals surface area contributed by atoms with Crippen LogP contribution in [0, 0.1) is 19.8 Å². The minimum absolute atomic E-state index is 0.190. The summed E-state index contributed by atoms with van der Waals surface area (Å²) in [7, 11) is 1.52. The lowest BCUT2D eigenvalue weighted by molar-refractivity contribution is -0.143. The number of ether oxygens (including phenoxy) is 1. The molecule has 0 aliphatic heterocycles. The van der Waals surface area contributed by atoms with Gasteiger partial charge in [0.05, 0.1) is 24.5 Å². The van der Waals surface area contributed by atoms with Gasteiger partial charge in [-0.15, -0.1) is 0 Å². The molecule has 1 heterocycles. The van der Waals surface area contributed by atoms with Crippen LogP contribution in [-0.4, -0.2) is 30.1 Å². The molecule has 0 saturated carbocycles. The zero-order chi connectivity index (χ0) is 20.3. The summed E-state index contributed by atoms with van der Waals surface area (Å²) in [5.41, 5.74) is 1.43. The topological polar surface area (TPSA) is 106 Å². The number of aliphatic carboxylic acids is 1.